The van der Waals surface area contributed by atoms with Crippen molar-refractivity contribution in [2.45, 2.75) is 13.0 Å². The molecule has 1 atom stereocenters. The summed E-state index contributed by atoms with van der Waals surface area (Å²) in [7, 11) is 2.50. The molecular formula is C22H20ClNO5S2. The second-order valence-electron chi connectivity index (χ2n) is 6.31. The summed E-state index contributed by atoms with van der Waals surface area (Å²) in [6.07, 6.45) is 6.98. The van der Waals surface area contributed by atoms with Crippen LogP contribution in [0.15, 0.2) is 69.1 Å². The molecule has 0 amide bonds. The summed E-state index contributed by atoms with van der Waals surface area (Å²) in [5.74, 6) is -0.924. The Morgan fingerprint density at radius 3 is 2.39 bits per heavy atom. The van der Waals surface area contributed by atoms with Crippen LogP contribution in [0.3, 0.4) is 0 Å². The van der Waals surface area contributed by atoms with Gasteiger partial charge in [0.2, 0.25) is 5.78 Å². The zero-order valence-electron chi connectivity index (χ0n) is 17.1. The van der Waals surface area contributed by atoms with Gasteiger partial charge in [-0.1, -0.05) is 42.4 Å². The minimum Gasteiger partial charge on any atom is -0.466 e. The van der Waals surface area contributed by atoms with Crippen molar-refractivity contribution in [3.63, 3.8) is 0 Å². The topological polar surface area (TPSA) is 72.9 Å². The molecule has 1 aromatic carbocycles. The molecule has 0 saturated carbocycles. The number of fused-ring (bicyclic) bond motifs is 1. The van der Waals surface area contributed by atoms with Crippen molar-refractivity contribution in [2.75, 3.05) is 20.0 Å². The third-order valence-electron chi connectivity index (χ3n) is 4.51. The van der Waals surface area contributed by atoms with Gasteiger partial charge in [0.25, 0.3) is 0 Å². The summed E-state index contributed by atoms with van der Waals surface area (Å²) in [5.41, 5.74) is 0.926. The number of thioether (sulfide) groups is 2. The Morgan fingerprint density at radius 1 is 1.10 bits per heavy atom. The van der Waals surface area contributed by atoms with Crippen molar-refractivity contribution in [1.82, 2.24) is 4.90 Å². The molecule has 0 radical (unpaired) electrons. The monoisotopic (exact) mass is 477 g/mol. The molecular weight excluding hydrogens is 458 g/mol. The summed E-state index contributed by atoms with van der Waals surface area (Å²) >= 11 is 8.45. The maximum atomic E-state index is 13.6. The number of Topliss-reactive ketones (excluding diaryl/α,β-unsaturated/α-hetero) is 1. The second kappa shape index (κ2) is 10.3. The fraction of sp³-hybridized carbons (Fsp3) is 0.227. The smallest absolute Gasteiger partial charge is 0.345 e. The van der Waals surface area contributed by atoms with Gasteiger partial charge in [-0.25, -0.2) is 9.59 Å². The number of allylic oxidation sites excluding steroid dienone is 3. The first-order valence-corrected chi connectivity index (χ1v) is 11.5. The number of carbonyl (C=O) groups excluding carboxylic acids is 3. The summed E-state index contributed by atoms with van der Waals surface area (Å²) < 4.78 is 10.5. The Morgan fingerprint density at radius 2 is 1.77 bits per heavy atom. The summed E-state index contributed by atoms with van der Waals surface area (Å²) in [6, 6.07) is 5.88. The lowest BCUT2D eigenvalue weighted by molar-refractivity contribution is -0.139. The standard InChI is InChI=1S/C22H20ClNO5S2/c1-4-30-22-17(18(25)13-8-10-14(23)11-9-13)24-12-6-5-7-15(24)16(20(26)28-2)19(31-22)21(27)29-3/h5-12,15H,4H2,1-3H3. The third-order valence-corrected chi connectivity index (χ3v) is 7.08. The lowest BCUT2D eigenvalue weighted by Crippen LogP contribution is -2.37. The average Bonchev–Trinajstić information content (AvgIpc) is 2.93. The summed E-state index contributed by atoms with van der Waals surface area (Å²) in [4.78, 5) is 40.8. The number of carbonyl (C=O) groups is 3. The van der Waals surface area contributed by atoms with E-state index >= 15 is 0 Å². The second-order valence-corrected chi connectivity index (χ2v) is 9.30. The van der Waals surface area contributed by atoms with E-state index in [-0.39, 0.29) is 16.3 Å². The molecule has 0 bridgehead atoms. The van der Waals surface area contributed by atoms with E-state index in [4.69, 9.17) is 21.1 Å². The Bertz CT molecular complexity index is 1030. The van der Waals surface area contributed by atoms with Gasteiger partial charge < -0.3 is 14.4 Å². The van der Waals surface area contributed by atoms with Crippen LogP contribution < -0.4 is 0 Å². The first kappa shape index (κ1) is 23.2. The van der Waals surface area contributed by atoms with Crippen LogP contribution in [0, 0.1) is 0 Å². The lowest BCUT2D eigenvalue weighted by atomic mass is 9.99. The van der Waals surface area contributed by atoms with Gasteiger partial charge in [0.1, 0.15) is 10.6 Å². The molecule has 2 aliphatic heterocycles. The zero-order chi connectivity index (χ0) is 22.5. The van der Waals surface area contributed by atoms with Gasteiger partial charge in [-0.05, 0) is 36.1 Å². The van der Waals surface area contributed by atoms with Crippen LogP contribution in [-0.4, -0.2) is 48.6 Å². The van der Waals surface area contributed by atoms with E-state index < -0.39 is 18.0 Å². The highest BCUT2D eigenvalue weighted by Crippen LogP contribution is 2.46. The number of methoxy groups -OCH3 is 2. The highest BCUT2D eigenvalue weighted by atomic mass is 35.5. The largest absolute Gasteiger partial charge is 0.466 e. The number of benzene rings is 1. The molecule has 1 aromatic rings. The molecule has 3 rings (SSSR count). The Labute approximate surface area is 194 Å². The average molecular weight is 478 g/mol. The van der Waals surface area contributed by atoms with E-state index in [1.165, 1.54) is 26.0 Å². The van der Waals surface area contributed by atoms with E-state index in [1.54, 1.807) is 53.6 Å². The van der Waals surface area contributed by atoms with Crippen LogP contribution in [0.25, 0.3) is 0 Å². The molecule has 2 aliphatic rings. The van der Waals surface area contributed by atoms with E-state index in [1.807, 2.05) is 6.92 Å². The Balaban J connectivity index is 2.24. The van der Waals surface area contributed by atoms with Crippen molar-refractivity contribution in [1.29, 1.82) is 0 Å². The van der Waals surface area contributed by atoms with Gasteiger partial charge in [0.15, 0.2) is 0 Å². The SMILES string of the molecule is CCSC1=C(C(=O)c2ccc(Cl)cc2)N2C=CC=CC2C(C(=O)OC)=C(C(=O)OC)S1. The third kappa shape index (κ3) is 4.76. The van der Waals surface area contributed by atoms with E-state index in [9.17, 15) is 14.4 Å². The van der Waals surface area contributed by atoms with Gasteiger partial charge in [-0.15, -0.1) is 11.8 Å². The fourth-order valence-corrected chi connectivity index (χ4v) is 5.65. The van der Waals surface area contributed by atoms with Gasteiger partial charge in [0.05, 0.1) is 30.1 Å². The molecule has 6 nitrogen and oxygen atoms in total. The van der Waals surface area contributed by atoms with Gasteiger partial charge in [0, 0.05) is 16.8 Å². The van der Waals surface area contributed by atoms with Gasteiger partial charge in [-0.2, -0.15) is 0 Å². The minimum absolute atomic E-state index is 0.0964. The predicted molar refractivity (Wildman–Crippen MR) is 123 cm³/mol. The van der Waals surface area contributed by atoms with Crippen molar-refractivity contribution in [3.05, 3.63) is 79.7 Å². The molecule has 0 spiro atoms. The van der Waals surface area contributed by atoms with Crippen LogP contribution >= 0.6 is 35.1 Å². The van der Waals surface area contributed by atoms with E-state index in [2.05, 4.69) is 0 Å². The summed E-state index contributed by atoms with van der Waals surface area (Å²) in [6.45, 7) is 1.94. The molecule has 0 aliphatic carbocycles. The number of ketones is 1. The molecule has 0 aromatic heterocycles. The Hall–Kier alpha value is -2.42. The normalized spacial score (nSPS) is 17.9. The van der Waals surface area contributed by atoms with Crippen molar-refractivity contribution in [3.8, 4) is 0 Å². The number of hydrogen-bond donors (Lipinski definition) is 0. The highest BCUT2D eigenvalue weighted by Gasteiger charge is 2.40. The van der Waals surface area contributed by atoms with Gasteiger partial charge in [-0.3, -0.25) is 4.79 Å². The van der Waals surface area contributed by atoms with Crippen molar-refractivity contribution >= 4 is 52.8 Å². The number of nitrogens with zero attached hydrogens (tertiary/aromatic N) is 1. The maximum Gasteiger partial charge on any atom is 0.345 e. The maximum absolute atomic E-state index is 13.6. The molecule has 0 saturated heterocycles. The first-order valence-electron chi connectivity index (χ1n) is 9.32. The molecule has 0 fully saturated rings. The number of rotatable bonds is 6. The van der Waals surface area contributed by atoms with E-state index in [0.717, 1.165) is 11.8 Å². The number of halogens is 1. The summed E-state index contributed by atoms with van der Waals surface area (Å²) in [5, 5.41) is 0.519. The quantitative estimate of drug-likeness (QED) is 0.436. The highest BCUT2D eigenvalue weighted by molar-refractivity contribution is 8.24. The van der Waals surface area contributed by atoms with Crippen LogP contribution in [0.4, 0.5) is 0 Å². The zero-order valence-corrected chi connectivity index (χ0v) is 19.5. The van der Waals surface area contributed by atoms with Crippen LogP contribution in [0.2, 0.25) is 5.02 Å². The number of hydrogen-bond acceptors (Lipinski definition) is 8. The van der Waals surface area contributed by atoms with Crippen LogP contribution in [-0.2, 0) is 19.1 Å². The van der Waals surface area contributed by atoms with Crippen molar-refractivity contribution < 1.29 is 23.9 Å². The number of esters is 2. The van der Waals surface area contributed by atoms with Crippen LogP contribution in [0.1, 0.15) is 17.3 Å². The fourth-order valence-electron chi connectivity index (χ4n) is 3.13. The van der Waals surface area contributed by atoms with Crippen LogP contribution in [0.5, 0.6) is 0 Å². The van der Waals surface area contributed by atoms with Gasteiger partial charge >= 0.3 is 11.9 Å². The first-order chi connectivity index (χ1) is 14.9. The molecule has 31 heavy (non-hydrogen) atoms. The molecule has 9 heteroatoms. The van der Waals surface area contributed by atoms with Crippen molar-refractivity contribution in [2.24, 2.45) is 0 Å². The minimum atomic E-state index is -0.708. The molecule has 1 unspecified atom stereocenters. The molecule has 2 heterocycles. The van der Waals surface area contributed by atoms with E-state index in [0.29, 0.717) is 26.3 Å². The molecule has 0 N–H and O–H groups in total. The lowest BCUT2D eigenvalue weighted by Gasteiger charge is -2.32. The predicted octanol–water partition coefficient (Wildman–Crippen LogP) is 4.55. The number of ether oxygens (including phenoxy) is 2. The Kier molecular flexibility index (Phi) is 7.69. The molecule has 162 valence electrons.